The standard InChI is InChI=1S/C24H19Cl2N3O3S/c1-12-6-13(2)8-15(7-12)23-28-19-11-16(4-5-20(19)32-23)27-24(33)29-22(30)14-9-17(25)21(31-3)18(26)10-14/h4-11H,1-3H3,(H2,27,29,30,33). The minimum absolute atomic E-state index is 0.112. The molecule has 0 aliphatic heterocycles. The molecule has 0 radical (unpaired) electrons. The molecule has 2 N–H and O–H groups in total. The van der Waals surface area contributed by atoms with Gasteiger partial charge in [0.05, 0.1) is 17.2 Å². The van der Waals surface area contributed by atoms with Crippen LogP contribution >= 0.6 is 35.4 Å². The lowest BCUT2D eigenvalue weighted by atomic mass is 10.1. The monoisotopic (exact) mass is 499 g/mol. The van der Waals surface area contributed by atoms with E-state index in [1.165, 1.54) is 19.2 Å². The number of aromatic nitrogens is 1. The number of hydrogen-bond donors (Lipinski definition) is 2. The van der Waals surface area contributed by atoms with Gasteiger partial charge in [0, 0.05) is 16.8 Å². The third-order valence-corrected chi connectivity index (χ3v) is 5.57. The van der Waals surface area contributed by atoms with Gasteiger partial charge in [-0.15, -0.1) is 0 Å². The van der Waals surface area contributed by atoms with Gasteiger partial charge in [-0.1, -0.05) is 40.4 Å². The lowest BCUT2D eigenvalue weighted by Gasteiger charge is -2.11. The van der Waals surface area contributed by atoms with E-state index >= 15 is 0 Å². The molecule has 0 unspecified atom stereocenters. The highest BCUT2D eigenvalue weighted by molar-refractivity contribution is 7.80. The fourth-order valence-electron chi connectivity index (χ4n) is 3.45. The van der Waals surface area contributed by atoms with Gasteiger partial charge < -0.3 is 14.5 Å². The summed E-state index contributed by atoms with van der Waals surface area (Å²) in [5, 5.41) is 6.15. The number of carbonyl (C=O) groups is 1. The summed E-state index contributed by atoms with van der Waals surface area (Å²) in [7, 11) is 1.45. The number of aryl methyl sites for hydroxylation is 2. The van der Waals surface area contributed by atoms with E-state index in [1.807, 2.05) is 26.0 Å². The van der Waals surface area contributed by atoms with Crippen LogP contribution in [0.5, 0.6) is 5.75 Å². The van der Waals surface area contributed by atoms with Crippen LogP contribution in [0.2, 0.25) is 10.0 Å². The first kappa shape index (κ1) is 23.0. The molecule has 168 valence electrons. The van der Waals surface area contributed by atoms with Crippen LogP contribution in [0.25, 0.3) is 22.6 Å². The number of methoxy groups -OCH3 is 1. The van der Waals surface area contributed by atoms with E-state index in [-0.39, 0.29) is 20.7 Å². The fourth-order valence-corrected chi connectivity index (χ4v) is 4.30. The van der Waals surface area contributed by atoms with Gasteiger partial charge in [0.1, 0.15) is 5.52 Å². The van der Waals surface area contributed by atoms with Crippen molar-refractivity contribution >= 4 is 63.2 Å². The molecule has 0 saturated carbocycles. The van der Waals surface area contributed by atoms with Crippen LogP contribution in [0, 0.1) is 13.8 Å². The highest BCUT2D eigenvalue weighted by Gasteiger charge is 2.15. The Bertz CT molecular complexity index is 1360. The van der Waals surface area contributed by atoms with E-state index < -0.39 is 5.91 Å². The Hall–Kier alpha value is -3.13. The van der Waals surface area contributed by atoms with Gasteiger partial charge in [-0.3, -0.25) is 10.1 Å². The second-order valence-corrected chi connectivity index (χ2v) is 8.68. The van der Waals surface area contributed by atoms with Crippen LogP contribution in [0.1, 0.15) is 21.5 Å². The van der Waals surface area contributed by atoms with E-state index in [0.717, 1.165) is 16.7 Å². The number of rotatable bonds is 4. The van der Waals surface area contributed by atoms with Crippen molar-refractivity contribution in [1.29, 1.82) is 0 Å². The highest BCUT2D eigenvalue weighted by atomic mass is 35.5. The van der Waals surface area contributed by atoms with E-state index in [4.69, 9.17) is 44.6 Å². The van der Waals surface area contributed by atoms with Crippen molar-refractivity contribution in [1.82, 2.24) is 10.3 Å². The number of thiocarbonyl (C=S) groups is 1. The van der Waals surface area contributed by atoms with Crippen LogP contribution in [0.15, 0.2) is 52.9 Å². The number of anilines is 1. The van der Waals surface area contributed by atoms with Crippen LogP contribution in [0.3, 0.4) is 0 Å². The predicted molar refractivity (Wildman–Crippen MR) is 136 cm³/mol. The van der Waals surface area contributed by atoms with Crippen molar-refractivity contribution in [3.05, 3.63) is 75.3 Å². The summed E-state index contributed by atoms with van der Waals surface area (Å²) in [5.41, 5.74) is 5.39. The number of nitrogens with one attached hydrogen (secondary N) is 2. The molecule has 1 aromatic heterocycles. The molecule has 0 bridgehead atoms. The first-order valence-electron chi connectivity index (χ1n) is 9.88. The maximum absolute atomic E-state index is 12.6. The van der Waals surface area contributed by atoms with Gasteiger partial charge in [0.25, 0.3) is 5.91 Å². The summed E-state index contributed by atoms with van der Waals surface area (Å²) < 4.78 is 11.0. The number of fused-ring (bicyclic) bond motifs is 1. The molecule has 33 heavy (non-hydrogen) atoms. The van der Waals surface area contributed by atoms with Crippen molar-refractivity contribution in [2.75, 3.05) is 12.4 Å². The molecule has 9 heteroatoms. The number of halogens is 2. The minimum Gasteiger partial charge on any atom is -0.494 e. The summed E-state index contributed by atoms with van der Waals surface area (Å²) in [4.78, 5) is 17.2. The molecule has 0 aliphatic carbocycles. The first-order valence-corrected chi connectivity index (χ1v) is 11.0. The maximum Gasteiger partial charge on any atom is 0.257 e. The zero-order valence-corrected chi connectivity index (χ0v) is 20.3. The Morgan fingerprint density at radius 1 is 1.03 bits per heavy atom. The normalized spacial score (nSPS) is 10.8. The number of carbonyl (C=O) groups excluding carboxylic acids is 1. The third-order valence-electron chi connectivity index (χ3n) is 4.81. The SMILES string of the molecule is COc1c(Cl)cc(C(=O)NC(=S)Nc2ccc3oc(-c4cc(C)cc(C)c4)nc3c2)cc1Cl. The number of oxazole rings is 1. The van der Waals surface area contributed by atoms with E-state index in [0.29, 0.717) is 28.4 Å². The first-order chi connectivity index (χ1) is 15.7. The van der Waals surface area contributed by atoms with Crippen molar-refractivity contribution in [2.24, 2.45) is 0 Å². The van der Waals surface area contributed by atoms with E-state index in [1.54, 1.807) is 18.2 Å². The molecule has 6 nitrogen and oxygen atoms in total. The Morgan fingerprint density at radius 2 is 1.70 bits per heavy atom. The lowest BCUT2D eigenvalue weighted by Crippen LogP contribution is -2.34. The number of amides is 1. The Balaban J connectivity index is 1.49. The van der Waals surface area contributed by atoms with Crippen molar-refractivity contribution in [3.63, 3.8) is 0 Å². The molecule has 3 aromatic carbocycles. The molecule has 0 spiro atoms. The molecule has 0 aliphatic rings. The molecular weight excluding hydrogens is 481 g/mol. The Kier molecular flexibility index (Phi) is 6.56. The Labute approximate surface area is 205 Å². The number of benzene rings is 3. The van der Waals surface area contributed by atoms with Gasteiger partial charge in [-0.2, -0.15) is 0 Å². The average molecular weight is 500 g/mol. The minimum atomic E-state index is -0.460. The lowest BCUT2D eigenvalue weighted by molar-refractivity contribution is 0.0977. The zero-order valence-electron chi connectivity index (χ0n) is 18.0. The van der Waals surface area contributed by atoms with Gasteiger partial charge in [0.2, 0.25) is 5.89 Å². The van der Waals surface area contributed by atoms with Crippen molar-refractivity contribution < 1.29 is 13.9 Å². The summed E-state index contributed by atoms with van der Waals surface area (Å²) in [6, 6.07) is 14.4. The number of nitrogens with zero attached hydrogens (tertiary/aromatic N) is 1. The number of hydrogen-bond acceptors (Lipinski definition) is 5. The summed E-state index contributed by atoms with van der Waals surface area (Å²) >= 11 is 17.5. The third kappa shape index (κ3) is 5.11. The largest absolute Gasteiger partial charge is 0.494 e. The fraction of sp³-hybridized carbons (Fsp3) is 0.125. The van der Waals surface area contributed by atoms with Crippen LogP contribution in [-0.4, -0.2) is 23.1 Å². The van der Waals surface area contributed by atoms with E-state index in [2.05, 4.69) is 21.7 Å². The quantitative estimate of drug-likeness (QED) is 0.310. The molecule has 0 saturated heterocycles. The summed E-state index contributed by atoms with van der Waals surface area (Å²) in [6.07, 6.45) is 0. The topological polar surface area (TPSA) is 76.4 Å². The average Bonchev–Trinajstić information content (AvgIpc) is 3.16. The van der Waals surface area contributed by atoms with Crippen LogP contribution in [-0.2, 0) is 0 Å². The Morgan fingerprint density at radius 3 is 2.33 bits per heavy atom. The summed E-state index contributed by atoms with van der Waals surface area (Å²) in [5.74, 6) is 0.383. The van der Waals surface area contributed by atoms with Crippen LogP contribution in [0.4, 0.5) is 5.69 Å². The molecule has 0 atom stereocenters. The number of ether oxygens (including phenoxy) is 1. The highest BCUT2D eigenvalue weighted by Crippen LogP contribution is 2.34. The maximum atomic E-state index is 12.6. The van der Waals surface area contributed by atoms with Gasteiger partial charge in [-0.05, 0) is 68.5 Å². The second kappa shape index (κ2) is 9.39. The predicted octanol–water partition coefficient (Wildman–Crippen LogP) is 6.55. The van der Waals surface area contributed by atoms with Crippen LogP contribution < -0.4 is 15.4 Å². The van der Waals surface area contributed by atoms with Gasteiger partial charge >= 0.3 is 0 Å². The molecule has 1 amide bonds. The molecule has 4 aromatic rings. The van der Waals surface area contributed by atoms with Gasteiger partial charge in [0.15, 0.2) is 16.4 Å². The van der Waals surface area contributed by atoms with Crippen molar-refractivity contribution in [3.8, 4) is 17.2 Å². The zero-order chi connectivity index (χ0) is 23.7. The molecular formula is C24H19Cl2N3O3S. The molecule has 4 rings (SSSR count). The molecule has 1 heterocycles. The summed E-state index contributed by atoms with van der Waals surface area (Å²) in [6.45, 7) is 4.06. The van der Waals surface area contributed by atoms with Gasteiger partial charge in [-0.25, -0.2) is 4.98 Å². The smallest absolute Gasteiger partial charge is 0.257 e. The second-order valence-electron chi connectivity index (χ2n) is 7.46. The van der Waals surface area contributed by atoms with Crippen molar-refractivity contribution in [2.45, 2.75) is 13.8 Å². The molecule has 0 fully saturated rings. The van der Waals surface area contributed by atoms with E-state index in [9.17, 15) is 4.79 Å².